The zero-order chi connectivity index (χ0) is 18.9. The summed E-state index contributed by atoms with van der Waals surface area (Å²) >= 11 is 0. The van der Waals surface area contributed by atoms with Crippen LogP contribution >= 0.6 is 0 Å². The van der Waals surface area contributed by atoms with E-state index in [4.69, 9.17) is 13.9 Å². The van der Waals surface area contributed by atoms with Crippen LogP contribution in [0.4, 0.5) is 0 Å². The van der Waals surface area contributed by atoms with Crippen LogP contribution < -0.4 is 14.9 Å². The molecule has 0 aliphatic rings. The second kappa shape index (κ2) is 6.67. The van der Waals surface area contributed by atoms with Gasteiger partial charge >= 0.3 is 5.97 Å². The molecule has 26 heavy (non-hydrogen) atoms. The van der Waals surface area contributed by atoms with Gasteiger partial charge in [0.2, 0.25) is 0 Å². The second-order valence-electron chi connectivity index (χ2n) is 7.00. The first-order valence-electron chi connectivity index (χ1n) is 8.22. The molecule has 3 aromatic rings. The van der Waals surface area contributed by atoms with E-state index >= 15 is 0 Å². The molecule has 1 heterocycles. The van der Waals surface area contributed by atoms with E-state index in [1.165, 1.54) is 12.1 Å². The van der Waals surface area contributed by atoms with Gasteiger partial charge in [-0.25, -0.2) is 0 Å². The lowest BCUT2D eigenvalue weighted by Crippen LogP contribution is -2.25. The van der Waals surface area contributed by atoms with E-state index in [2.05, 4.69) is 0 Å². The van der Waals surface area contributed by atoms with Gasteiger partial charge in [0.1, 0.15) is 22.8 Å². The van der Waals surface area contributed by atoms with Gasteiger partial charge in [-0.05, 0) is 63.2 Å². The molecule has 0 atom stereocenters. The minimum Gasteiger partial charge on any atom is -0.497 e. The number of carbonyl (C=O) groups excluding carboxylic acids is 1. The van der Waals surface area contributed by atoms with Gasteiger partial charge in [0.25, 0.3) is 0 Å². The molecule has 5 nitrogen and oxygen atoms in total. The largest absolute Gasteiger partial charge is 0.497 e. The molecule has 0 aliphatic heterocycles. The van der Waals surface area contributed by atoms with Crippen molar-refractivity contribution in [2.45, 2.75) is 20.8 Å². The van der Waals surface area contributed by atoms with Crippen molar-refractivity contribution in [1.82, 2.24) is 0 Å². The van der Waals surface area contributed by atoms with Crippen molar-refractivity contribution in [3.63, 3.8) is 0 Å². The number of esters is 1. The van der Waals surface area contributed by atoms with Crippen LogP contribution in [0.1, 0.15) is 20.8 Å². The Morgan fingerprint density at radius 2 is 1.62 bits per heavy atom. The molecule has 0 radical (unpaired) electrons. The molecule has 0 spiro atoms. The Kier molecular flexibility index (Phi) is 4.55. The Morgan fingerprint density at radius 1 is 0.962 bits per heavy atom. The summed E-state index contributed by atoms with van der Waals surface area (Å²) in [6, 6.07) is 13.5. The molecule has 0 fully saturated rings. The fourth-order valence-electron chi connectivity index (χ4n) is 2.36. The average molecular weight is 352 g/mol. The Labute approximate surface area is 151 Å². The predicted molar refractivity (Wildman–Crippen MR) is 99.6 cm³/mol. The molecule has 0 bridgehead atoms. The monoisotopic (exact) mass is 352 g/mol. The molecular weight excluding hydrogens is 332 g/mol. The maximum atomic E-state index is 12.5. The van der Waals surface area contributed by atoms with Gasteiger partial charge < -0.3 is 13.9 Å². The number of hydrogen-bond acceptors (Lipinski definition) is 5. The molecule has 0 aliphatic carbocycles. The topological polar surface area (TPSA) is 65.7 Å². The van der Waals surface area contributed by atoms with E-state index in [1.807, 2.05) is 12.1 Å². The highest BCUT2D eigenvalue weighted by molar-refractivity contribution is 5.83. The third-order valence-electron chi connectivity index (χ3n) is 3.90. The van der Waals surface area contributed by atoms with Gasteiger partial charge in [-0.2, -0.15) is 0 Å². The molecule has 3 rings (SSSR count). The Hall–Kier alpha value is -3.08. The summed E-state index contributed by atoms with van der Waals surface area (Å²) < 4.78 is 16.3. The van der Waals surface area contributed by atoms with Crippen LogP contribution in [0, 0.1) is 5.41 Å². The number of hydrogen-bond donors (Lipinski definition) is 0. The molecule has 1 aromatic heterocycles. The van der Waals surface area contributed by atoms with Crippen molar-refractivity contribution in [1.29, 1.82) is 0 Å². The highest BCUT2D eigenvalue weighted by Crippen LogP contribution is 2.27. The van der Waals surface area contributed by atoms with Gasteiger partial charge in [0.05, 0.1) is 17.9 Å². The molecule has 0 saturated carbocycles. The molecule has 0 saturated heterocycles. The molecule has 5 heteroatoms. The van der Waals surface area contributed by atoms with Crippen LogP contribution in [0.15, 0.2) is 57.7 Å². The maximum Gasteiger partial charge on any atom is 0.316 e. The first-order chi connectivity index (χ1) is 12.3. The van der Waals surface area contributed by atoms with Gasteiger partial charge in [0, 0.05) is 11.6 Å². The van der Waals surface area contributed by atoms with E-state index in [1.54, 1.807) is 52.1 Å². The number of fused-ring (bicyclic) bond motifs is 1. The maximum absolute atomic E-state index is 12.5. The van der Waals surface area contributed by atoms with Crippen LogP contribution in [0.2, 0.25) is 0 Å². The number of rotatable bonds is 3. The van der Waals surface area contributed by atoms with Crippen molar-refractivity contribution in [3.05, 3.63) is 58.8 Å². The molecule has 0 amide bonds. The van der Waals surface area contributed by atoms with Gasteiger partial charge in [-0.15, -0.1) is 0 Å². The number of benzene rings is 2. The zero-order valence-corrected chi connectivity index (χ0v) is 15.2. The summed E-state index contributed by atoms with van der Waals surface area (Å²) in [7, 11) is 1.59. The summed E-state index contributed by atoms with van der Waals surface area (Å²) in [5, 5.41) is 0.362. The van der Waals surface area contributed by atoms with Crippen LogP contribution in [-0.4, -0.2) is 13.1 Å². The number of ether oxygens (including phenoxy) is 2. The normalized spacial score (nSPS) is 11.4. The van der Waals surface area contributed by atoms with Crippen LogP contribution in [0.25, 0.3) is 22.3 Å². The van der Waals surface area contributed by atoms with Crippen molar-refractivity contribution in [2.75, 3.05) is 7.11 Å². The third-order valence-corrected chi connectivity index (χ3v) is 3.90. The SMILES string of the molecule is COc1ccc(-c2cc(=O)c3cc(OC(=O)C(C)(C)C)ccc3o2)cc1. The van der Waals surface area contributed by atoms with Gasteiger partial charge in [0.15, 0.2) is 5.43 Å². The van der Waals surface area contributed by atoms with Crippen LogP contribution in [0.5, 0.6) is 11.5 Å². The summed E-state index contributed by atoms with van der Waals surface area (Å²) in [5.74, 6) is 1.14. The summed E-state index contributed by atoms with van der Waals surface area (Å²) in [4.78, 5) is 24.5. The van der Waals surface area contributed by atoms with E-state index in [0.717, 1.165) is 11.3 Å². The quantitative estimate of drug-likeness (QED) is 0.516. The Balaban J connectivity index is 1.98. The smallest absolute Gasteiger partial charge is 0.316 e. The van der Waals surface area contributed by atoms with Crippen molar-refractivity contribution < 1.29 is 18.7 Å². The van der Waals surface area contributed by atoms with Crippen LogP contribution in [0.3, 0.4) is 0 Å². The second-order valence-corrected chi connectivity index (χ2v) is 7.00. The van der Waals surface area contributed by atoms with E-state index in [-0.39, 0.29) is 11.4 Å². The molecule has 0 unspecified atom stereocenters. The Bertz CT molecular complexity index is 1010. The Morgan fingerprint density at radius 3 is 2.23 bits per heavy atom. The number of methoxy groups -OCH3 is 1. The lowest BCUT2D eigenvalue weighted by molar-refractivity contribution is -0.142. The molecule has 0 N–H and O–H groups in total. The standard InChI is InChI=1S/C21H20O5/c1-21(2,3)20(23)25-15-9-10-18-16(11-15)17(22)12-19(26-18)13-5-7-14(24-4)8-6-13/h5-12H,1-4H3. The minimum absolute atomic E-state index is 0.203. The van der Waals surface area contributed by atoms with Gasteiger partial charge in [-0.3, -0.25) is 9.59 Å². The summed E-state index contributed by atoms with van der Waals surface area (Å²) in [6.07, 6.45) is 0. The zero-order valence-electron chi connectivity index (χ0n) is 15.2. The summed E-state index contributed by atoms with van der Waals surface area (Å²) in [5.41, 5.74) is 0.371. The van der Waals surface area contributed by atoms with Crippen molar-refractivity contribution in [2.24, 2.45) is 5.41 Å². The minimum atomic E-state index is -0.627. The fourth-order valence-corrected chi connectivity index (χ4v) is 2.36. The molecule has 134 valence electrons. The first-order valence-corrected chi connectivity index (χ1v) is 8.22. The van der Waals surface area contributed by atoms with E-state index in [9.17, 15) is 9.59 Å². The lowest BCUT2D eigenvalue weighted by Gasteiger charge is -2.16. The van der Waals surface area contributed by atoms with E-state index in [0.29, 0.717) is 22.5 Å². The third kappa shape index (κ3) is 3.61. The molecular formula is C21H20O5. The highest BCUT2D eigenvalue weighted by Gasteiger charge is 2.24. The first kappa shape index (κ1) is 17.7. The van der Waals surface area contributed by atoms with Crippen molar-refractivity contribution in [3.8, 4) is 22.8 Å². The van der Waals surface area contributed by atoms with Gasteiger partial charge in [-0.1, -0.05) is 0 Å². The summed E-state index contributed by atoms with van der Waals surface area (Å²) in [6.45, 7) is 5.31. The van der Waals surface area contributed by atoms with Crippen LogP contribution in [-0.2, 0) is 4.79 Å². The number of carbonyl (C=O) groups is 1. The fraction of sp³-hybridized carbons (Fsp3) is 0.238. The average Bonchev–Trinajstić information content (AvgIpc) is 2.61. The predicted octanol–water partition coefficient (Wildman–Crippen LogP) is 4.42. The van der Waals surface area contributed by atoms with Crippen molar-refractivity contribution >= 4 is 16.9 Å². The van der Waals surface area contributed by atoms with E-state index < -0.39 is 5.41 Å². The molecule has 2 aromatic carbocycles. The lowest BCUT2D eigenvalue weighted by atomic mass is 9.97. The highest BCUT2D eigenvalue weighted by atomic mass is 16.5.